The lowest BCUT2D eigenvalue weighted by Crippen LogP contribution is -2.23. The molecule has 1 heterocycles. The molecule has 1 aromatic rings. The van der Waals surface area contributed by atoms with Crippen LogP contribution in [0.3, 0.4) is 0 Å². The molecule has 1 atom stereocenters. The summed E-state index contributed by atoms with van der Waals surface area (Å²) < 4.78 is 5.11. The topological polar surface area (TPSA) is 25.2 Å². The van der Waals surface area contributed by atoms with Crippen LogP contribution in [0.15, 0.2) is 16.7 Å². The van der Waals surface area contributed by atoms with Crippen LogP contribution in [0, 0.1) is 5.92 Å². The van der Waals surface area contributed by atoms with E-state index in [1.165, 1.54) is 25.7 Å². The molecule has 1 N–H and O–H groups in total. The van der Waals surface area contributed by atoms with Gasteiger partial charge < -0.3 is 9.73 Å². The molecule has 14 heavy (non-hydrogen) atoms. The fraction of sp³-hybridized carbons (Fsp3) is 0.636. The number of halogens is 1. The highest BCUT2D eigenvalue weighted by Gasteiger charge is 2.24. The summed E-state index contributed by atoms with van der Waals surface area (Å²) in [5.74, 6) is 0.874. The molecule has 78 valence electrons. The summed E-state index contributed by atoms with van der Waals surface area (Å²) in [6, 6.07) is 2.31. The van der Waals surface area contributed by atoms with Gasteiger partial charge >= 0.3 is 0 Å². The van der Waals surface area contributed by atoms with Crippen molar-refractivity contribution in [2.24, 2.45) is 5.92 Å². The minimum Gasteiger partial charge on any atom is -0.453 e. The average molecular weight is 214 g/mol. The summed E-state index contributed by atoms with van der Waals surface area (Å²) in [5, 5.41) is 3.83. The van der Waals surface area contributed by atoms with Crippen molar-refractivity contribution in [3.8, 4) is 0 Å². The lowest BCUT2D eigenvalue weighted by molar-refractivity contribution is 0.265. The van der Waals surface area contributed by atoms with Crippen LogP contribution < -0.4 is 5.32 Å². The minimum absolute atomic E-state index is 0.353. The average Bonchev–Trinajstić information content (AvgIpc) is 2.51. The van der Waals surface area contributed by atoms with Gasteiger partial charge in [-0.15, -0.1) is 0 Å². The molecule has 0 spiro atoms. The van der Waals surface area contributed by atoms with Crippen molar-refractivity contribution in [2.45, 2.75) is 31.7 Å². The van der Waals surface area contributed by atoms with Crippen LogP contribution in [0.2, 0.25) is 5.22 Å². The predicted octanol–water partition coefficient (Wildman–Crippen LogP) is 3.38. The molecule has 1 aromatic heterocycles. The molecular weight excluding hydrogens is 198 g/mol. The normalized spacial score (nSPS) is 19.3. The summed E-state index contributed by atoms with van der Waals surface area (Å²) in [7, 11) is 1.98. The molecule has 1 fully saturated rings. The molecule has 1 aliphatic rings. The van der Waals surface area contributed by atoms with Crippen molar-refractivity contribution in [3.63, 3.8) is 0 Å². The molecule has 2 rings (SSSR count). The molecule has 3 heteroatoms. The lowest BCUT2D eigenvalue weighted by Gasteiger charge is -2.29. The Hall–Kier alpha value is -0.470. The fourth-order valence-corrected chi connectivity index (χ4v) is 2.26. The first kappa shape index (κ1) is 10.1. The van der Waals surface area contributed by atoms with E-state index in [1.807, 2.05) is 13.1 Å². The zero-order valence-electron chi connectivity index (χ0n) is 8.42. The van der Waals surface area contributed by atoms with Gasteiger partial charge in [0, 0.05) is 11.6 Å². The summed E-state index contributed by atoms with van der Waals surface area (Å²) in [5.41, 5.74) is 1.10. The molecule has 2 nitrogen and oxygen atoms in total. The van der Waals surface area contributed by atoms with Crippen LogP contribution in [0.5, 0.6) is 0 Å². The fourth-order valence-electron chi connectivity index (χ4n) is 2.02. The van der Waals surface area contributed by atoms with Crippen molar-refractivity contribution in [2.75, 3.05) is 7.05 Å². The molecule has 0 aliphatic heterocycles. The summed E-state index contributed by atoms with van der Waals surface area (Å²) >= 11 is 5.95. The minimum atomic E-state index is 0.353. The maximum absolute atomic E-state index is 5.95. The second kappa shape index (κ2) is 4.37. The molecule has 0 aromatic carbocycles. The van der Waals surface area contributed by atoms with Crippen molar-refractivity contribution in [1.29, 1.82) is 0 Å². The second-order valence-electron chi connectivity index (χ2n) is 4.02. The third-order valence-corrected chi connectivity index (χ3v) is 3.47. The van der Waals surface area contributed by atoms with Gasteiger partial charge in [-0.05, 0) is 37.1 Å². The van der Waals surface area contributed by atoms with Crippen molar-refractivity contribution < 1.29 is 4.42 Å². The first-order chi connectivity index (χ1) is 6.81. The Kier molecular flexibility index (Phi) is 3.14. The van der Waals surface area contributed by atoms with Crippen molar-refractivity contribution in [3.05, 3.63) is 23.1 Å². The van der Waals surface area contributed by atoms with E-state index in [9.17, 15) is 0 Å². The van der Waals surface area contributed by atoms with Crippen LogP contribution in [-0.2, 0) is 0 Å². The Morgan fingerprint density at radius 1 is 1.64 bits per heavy atom. The summed E-state index contributed by atoms with van der Waals surface area (Å²) in [6.07, 6.45) is 6.96. The van der Waals surface area contributed by atoms with E-state index in [2.05, 4.69) is 5.32 Å². The Balaban J connectivity index is 2.01. The van der Waals surface area contributed by atoms with Crippen molar-refractivity contribution >= 4 is 11.6 Å². The number of hydrogen-bond acceptors (Lipinski definition) is 2. The highest BCUT2D eigenvalue weighted by molar-refractivity contribution is 6.29. The summed E-state index contributed by atoms with van der Waals surface area (Å²) in [6.45, 7) is 0. The lowest BCUT2D eigenvalue weighted by atomic mass is 9.80. The van der Waals surface area contributed by atoms with Crippen LogP contribution in [0.25, 0.3) is 0 Å². The molecule has 1 saturated carbocycles. The molecule has 0 saturated heterocycles. The highest BCUT2D eigenvalue weighted by Crippen LogP contribution is 2.36. The summed E-state index contributed by atoms with van der Waals surface area (Å²) in [4.78, 5) is 0. The van der Waals surface area contributed by atoms with E-state index in [0.29, 0.717) is 11.3 Å². The van der Waals surface area contributed by atoms with Crippen molar-refractivity contribution in [1.82, 2.24) is 5.32 Å². The van der Waals surface area contributed by atoms with Gasteiger partial charge in [0.15, 0.2) is 5.22 Å². The van der Waals surface area contributed by atoms with Crippen LogP contribution in [-0.4, -0.2) is 7.05 Å². The highest BCUT2D eigenvalue weighted by atomic mass is 35.5. The van der Waals surface area contributed by atoms with Gasteiger partial charge in [-0.25, -0.2) is 0 Å². The maximum Gasteiger partial charge on any atom is 0.197 e. The monoisotopic (exact) mass is 213 g/mol. The molecule has 1 aliphatic carbocycles. The van der Waals surface area contributed by atoms with Gasteiger partial charge in [-0.3, -0.25) is 0 Å². The Bertz CT molecular complexity index is 293. The molecular formula is C11H16ClNO. The first-order valence-corrected chi connectivity index (χ1v) is 5.59. The standard InChI is InChI=1S/C11H16ClNO/c1-13-10(7-8-3-2-4-8)9-5-6-14-11(9)12/h5-6,8,10,13H,2-4,7H2,1H3. The molecule has 1 unspecified atom stereocenters. The van der Waals surface area contributed by atoms with E-state index in [4.69, 9.17) is 16.0 Å². The van der Waals surface area contributed by atoms with E-state index >= 15 is 0 Å². The van der Waals surface area contributed by atoms with Gasteiger partial charge in [0.05, 0.1) is 6.26 Å². The molecule has 0 amide bonds. The first-order valence-electron chi connectivity index (χ1n) is 5.21. The smallest absolute Gasteiger partial charge is 0.197 e. The Morgan fingerprint density at radius 3 is 2.86 bits per heavy atom. The van der Waals surface area contributed by atoms with Crippen LogP contribution >= 0.6 is 11.6 Å². The molecule has 0 radical (unpaired) electrons. The zero-order valence-corrected chi connectivity index (χ0v) is 9.18. The largest absolute Gasteiger partial charge is 0.453 e. The third-order valence-electron chi connectivity index (χ3n) is 3.16. The third kappa shape index (κ3) is 1.96. The van der Waals surface area contributed by atoms with Crippen LogP contribution in [0.4, 0.5) is 0 Å². The van der Waals surface area contributed by atoms with Crippen LogP contribution in [0.1, 0.15) is 37.3 Å². The van der Waals surface area contributed by atoms with E-state index < -0.39 is 0 Å². The zero-order chi connectivity index (χ0) is 9.97. The SMILES string of the molecule is CNC(CC1CCC1)c1ccoc1Cl. The number of furan rings is 1. The number of nitrogens with one attached hydrogen (secondary N) is 1. The molecule has 0 bridgehead atoms. The van der Waals surface area contributed by atoms with Gasteiger partial charge in [-0.2, -0.15) is 0 Å². The quantitative estimate of drug-likeness (QED) is 0.830. The Morgan fingerprint density at radius 2 is 2.43 bits per heavy atom. The number of hydrogen-bond donors (Lipinski definition) is 1. The predicted molar refractivity (Wildman–Crippen MR) is 57.5 cm³/mol. The van der Waals surface area contributed by atoms with E-state index in [-0.39, 0.29) is 0 Å². The number of rotatable bonds is 4. The van der Waals surface area contributed by atoms with Gasteiger partial charge in [0.2, 0.25) is 0 Å². The van der Waals surface area contributed by atoms with E-state index in [0.717, 1.165) is 11.5 Å². The second-order valence-corrected chi connectivity index (χ2v) is 4.37. The Labute approximate surface area is 89.6 Å². The van der Waals surface area contributed by atoms with E-state index in [1.54, 1.807) is 6.26 Å². The van der Waals surface area contributed by atoms with Gasteiger partial charge in [-0.1, -0.05) is 19.3 Å². The van der Waals surface area contributed by atoms with Gasteiger partial charge in [0.25, 0.3) is 0 Å². The van der Waals surface area contributed by atoms with Gasteiger partial charge in [0.1, 0.15) is 0 Å². The maximum atomic E-state index is 5.95.